The Morgan fingerprint density at radius 3 is 2.29 bits per heavy atom. The standard InChI is InChI=1S/C29H27BrN2O5S/c1-4-19-7-12-23(13-8-19)32-28(34)24(31(29(32)38)17-27(33)36-3)15-21-9-14-25(26(16-21)35-2)37-18-20-5-10-22(30)11-6-20/h5-16H,4,17-18H2,1-3H3/b24-15-. The van der Waals surface area contributed by atoms with Gasteiger partial charge in [0.05, 0.1) is 19.9 Å². The van der Waals surface area contributed by atoms with Gasteiger partial charge in [-0.15, -0.1) is 0 Å². The summed E-state index contributed by atoms with van der Waals surface area (Å²) < 4.78 is 17.4. The van der Waals surface area contributed by atoms with Gasteiger partial charge in [0.15, 0.2) is 16.6 Å². The van der Waals surface area contributed by atoms with Crippen LogP contribution >= 0.6 is 28.1 Å². The number of hydrogen-bond acceptors (Lipinski definition) is 6. The molecule has 0 unspecified atom stereocenters. The Balaban J connectivity index is 1.63. The van der Waals surface area contributed by atoms with Gasteiger partial charge in [0.2, 0.25) is 0 Å². The number of anilines is 1. The third-order valence-electron chi connectivity index (χ3n) is 6.05. The molecule has 1 saturated heterocycles. The molecule has 1 aliphatic heterocycles. The number of benzene rings is 3. The fourth-order valence-corrected chi connectivity index (χ4v) is 4.54. The molecule has 1 heterocycles. The highest BCUT2D eigenvalue weighted by atomic mass is 79.9. The summed E-state index contributed by atoms with van der Waals surface area (Å²) in [6, 6.07) is 20.8. The number of ether oxygens (including phenoxy) is 3. The molecule has 0 saturated carbocycles. The van der Waals surface area contributed by atoms with Gasteiger partial charge in [-0.05, 0) is 77.8 Å². The van der Waals surface area contributed by atoms with Crippen LogP contribution in [0.25, 0.3) is 6.08 Å². The van der Waals surface area contributed by atoms with Crippen molar-refractivity contribution >= 4 is 56.9 Å². The molecule has 0 radical (unpaired) electrons. The van der Waals surface area contributed by atoms with Crippen molar-refractivity contribution in [1.82, 2.24) is 4.90 Å². The summed E-state index contributed by atoms with van der Waals surface area (Å²) in [6.07, 6.45) is 2.56. The number of hydrogen-bond donors (Lipinski definition) is 0. The van der Waals surface area contributed by atoms with Crippen LogP contribution in [0.3, 0.4) is 0 Å². The van der Waals surface area contributed by atoms with Crippen molar-refractivity contribution in [2.24, 2.45) is 0 Å². The average Bonchev–Trinajstić information content (AvgIpc) is 3.16. The van der Waals surface area contributed by atoms with Crippen LogP contribution in [-0.4, -0.2) is 42.7 Å². The van der Waals surface area contributed by atoms with Crippen molar-refractivity contribution in [1.29, 1.82) is 0 Å². The minimum Gasteiger partial charge on any atom is -0.493 e. The Morgan fingerprint density at radius 1 is 0.974 bits per heavy atom. The largest absolute Gasteiger partial charge is 0.493 e. The molecule has 0 aliphatic carbocycles. The van der Waals surface area contributed by atoms with Gasteiger partial charge in [0, 0.05) is 4.47 Å². The van der Waals surface area contributed by atoms with Crippen molar-refractivity contribution in [3.05, 3.63) is 93.6 Å². The van der Waals surface area contributed by atoms with Crippen molar-refractivity contribution in [3.8, 4) is 11.5 Å². The lowest BCUT2D eigenvalue weighted by Crippen LogP contribution is -2.35. The fraction of sp³-hybridized carbons (Fsp3) is 0.207. The number of amides is 1. The summed E-state index contributed by atoms with van der Waals surface area (Å²) in [5.74, 6) is 0.229. The molecule has 3 aromatic rings. The molecular weight excluding hydrogens is 568 g/mol. The van der Waals surface area contributed by atoms with Crippen molar-refractivity contribution in [2.45, 2.75) is 20.0 Å². The minimum absolute atomic E-state index is 0.192. The molecule has 4 rings (SSSR count). The van der Waals surface area contributed by atoms with Gasteiger partial charge in [-0.25, -0.2) is 0 Å². The van der Waals surface area contributed by atoms with E-state index in [0.29, 0.717) is 29.4 Å². The normalized spacial score (nSPS) is 14.3. The van der Waals surface area contributed by atoms with Gasteiger partial charge in [-0.1, -0.05) is 53.2 Å². The zero-order chi connectivity index (χ0) is 27.2. The molecular formula is C29H27BrN2O5S. The Kier molecular flexibility index (Phi) is 8.81. The van der Waals surface area contributed by atoms with Crippen molar-refractivity contribution in [2.75, 3.05) is 25.7 Å². The van der Waals surface area contributed by atoms with Crippen LogP contribution in [0.15, 0.2) is 76.9 Å². The van der Waals surface area contributed by atoms with Crippen LogP contribution < -0.4 is 14.4 Å². The number of halogens is 1. The van der Waals surface area contributed by atoms with E-state index in [1.54, 1.807) is 25.3 Å². The average molecular weight is 596 g/mol. The maximum atomic E-state index is 13.6. The van der Waals surface area contributed by atoms with E-state index in [1.807, 2.05) is 54.6 Å². The number of thiocarbonyl (C=S) groups is 1. The SMILES string of the molecule is CCc1ccc(N2C(=O)/C(=C/c3ccc(OCc4ccc(Br)cc4)c(OC)c3)N(CC(=O)OC)C2=S)cc1. The quantitative estimate of drug-likeness (QED) is 0.177. The molecule has 0 aromatic heterocycles. The molecule has 0 spiro atoms. The number of carbonyl (C=O) groups is 2. The van der Waals surface area contributed by atoms with Gasteiger partial charge < -0.3 is 19.1 Å². The molecule has 38 heavy (non-hydrogen) atoms. The third kappa shape index (κ3) is 6.06. The summed E-state index contributed by atoms with van der Waals surface area (Å²) in [4.78, 5) is 28.7. The lowest BCUT2D eigenvalue weighted by molar-refractivity contribution is -0.140. The maximum Gasteiger partial charge on any atom is 0.325 e. The van der Waals surface area contributed by atoms with E-state index in [9.17, 15) is 9.59 Å². The van der Waals surface area contributed by atoms with E-state index in [4.69, 9.17) is 26.4 Å². The summed E-state index contributed by atoms with van der Waals surface area (Å²) >= 11 is 9.06. The molecule has 0 atom stereocenters. The van der Waals surface area contributed by atoms with E-state index < -0.39 is 5.97 Å². The predicted octanol–water partition coefficient (Wildman–Crippen LogP) is 5.75. The van der Waals surface area contributed by atoms with Crippen LogP contribution in [-0.2, 0) is 27.4 Å². The number of aryl methyl sites for hydroxylation is 1. The van der Waals surface area contributed by atoms with Gasteiger partial charge in [0.1, 0.15) is 18.8 Å². The second-order valence-electron chi connectivity index (χ2n) is 8.46. The predicted molar refractivity (Wildman–Crippen MR) is 154 cm³/mol. The first-order valence-corrected chi connectivity index (χ1v) is 13.1. The summed E-state index contributed by atoms with van der Waals surface area (Å²) in [7, 11) is 2.85. The topological polar surface area (TPSA) is 68.3 Å². The first kappa shape index (κ1) is 27.3. The second-order valence-corrected chi connectivity index (χ2v) is 9.74. The molecule has 0 N–H and O–H groups in total. The molecule has 0 bridgehead atoms. The summed E-state index contributed by atoms with van der Waals surface area (Å²) in [5.41, 5.74) is 3.72. The Labute approximate surface area is 235 Å². The van der Waals surface area contributed by atoms with Crippen LogP contribution in [0, 0.1) is 0 Å². The van der Waals surface area contributed by atoms with E-state index in [2.05, 4.69) is 22.9 Å². The zero-order valence-electron chi connectivity index (χ0n) is 21.3. The van der Waals surface area contributed by atoms with E-state index in [1.165, 1.54) is 16.9 Å². The van der Waals surface area contributed by atoms with Crippen LogP contribution in [0.5, 0.6) is 11.5 Å². The molecule has 1 aliphatic rings. The Hall–Kier alpha value is -3.69. The molecule has 7 nitrogen and oxygen atoms in total. The van der Waals surface area contributed by atoms with Gasteiger partial charge >= 0.3 is 5.97 Å². The Morgan fingerprint density at radius 2 is 1.66 bits per heavy atom. The second kappa shape index (κ2) is 12.2. The smallest absolute Gasteiger partial charge is 0.325 e. The zero-order valence-corrected chi connectivity index (χ0v) is 23.7. The highest BCUT2D eigenvalue weighted by Crippen LogP contribution is 2.33. The summed E-state index contributed by atoms with van der Waals surface area (Å²) in [5, 5.41) is 0.206. The fourth-order valence-electron chi connectivity index (χ4n) is 3.93. The number of nitrogens with zero attached hydrogens (tertiary/aromatic N) is 2. The monoisotopic (exact) mass is 594 g/mol. The number of esters is 1. The first-order valence-electron chi connectivity index (χ1n) is 11.9. The Bertz CT molecular complexity index is 1370. The van der Waals surface area contributed by atoms with Crippen molar-refractivity contribution < 1.29 is 23.8 Å². The molecule has 196 valence electrons. The lowest BCUT2D eigenvalue weighted by atomic mass is 10.1. The number of methoxy groups -OCH3 is 2. The van der Waals surface area contributed by atoms with E-state index >= 15 is 0 Å². The van der Waals surface area contributed by atoms with Gasteiger partial charge in [-0.3, -0.25) is 14.5 Å². The van der Waals surface area contributed by atoms with E-state index in [-0.39, 0.29) is 23.3 Å². The minimum atomic E-state index is -0.511. The van der Waals surface area contributed by atoms with Gasteiger partial charge in [0.25, 0.3) is 5.91 Å². The molecule has 3 aromatic carbocycles. The van der Waals surface area contributed by atoms with Crippen molar-refractivity contribution in [3.63, 3.8) is 0 Å². The third-order valence-corrected chi connectivity index (χ3v) is 6.98. The van der Waals surface area contributed by atoms with Gasteiger partial charge in [-0.2, -0.15) is 0 Å². The molecule has 1 amide bonds. The van der Waals surface area contributed by atoms with Crippen LogP contribution in [0.1, 0.15) is 23.6 Å². The summed E-state index contributed by atoms with van der Waals surface area (Å²) in [6.45, 7) is 2.24. The lowest BCUT2D eigenvalue weighted by Gasteiger charge is -2.19. The molecule has 9 heteroatoms. The number of rotatable bonds is 9. The van der Waals surface area contributed by atoms with E-state index in [0.717, 1.165) is 22.0 Å². The highest BCUT2D eigenvalue weighted by molar-refractivity contribution is 9.10. The highest BCUT2D eigenvalue weighted by Gasteiger charge is 2.40. The number of carbonyl (C=O) groups excluding carboxylic acids is 2. The first-order chi connectivity index (χ1) is 18.3. The van der Waals surface area contributed by atoms with Crippen LogP contribution in [0.4, 0.5) is 5.69 Å². The maximum absolute atomic E-state index is 13.6. The van der Waals surface area contributed by atoms with Crippen LogP contribution in [0.2, 0.25) is 0 Å². The molecule has 1 fully saturated rings.